The number of benzene rings is 2. The molecular formula is C24H21N3O6. The van der Waals surface area contributed by atoms with Crippen LogP contribution in [0.2, 0.25) is 0 Å². The van der Waals surface area contributed by atoms with Gasteiger partial charge in [-0.05, 0) is 41.8 Å². The van der Waals surface area contributed by atoms with E-state index >= 15 is 0 Å². The van der Waals surface area contributed by atoms with E-state index < -0.39 is 24.3 Å². The van der Waals surface area contributed by atoms with Gasteiger partial charge in [-0.1, -0.05) is 12.1 Å². The maximum absolute atomic E-state index is 13.5. The van der Waals surface area contributed by atoms with Crippen molar-refractivity contribution in [1.82, 2.24) is 9.88 Å². The fourth-order valence-corrected chi connectivity index (χ4v) is 4.47. The minimum absolute atomic E-state index is 0.0405. The van der Waals surface area contributed by atoms with Crippen LogP contribution >= 0.6 is 0 Å². The molecule has 0 spiro atoms. The Morgan fingerprint density at radius 2 is 1.88 bits per heavy atom. The zero-order valence-electron chi connectivity index (χ0n) is 17.9. The van der Waals surface area contributed by atoms with Crippen molar-refractivity contribution >= 4 is 34.2 Å². The molecule has 3 heterocycles. The van der Waals surface area contributed by atoms with E-state index in [1.165, 1.54) is 31.3 Å². The van der Waals surface area contributed by atoms with Crippen LogP contribution in [0, 0.1) is 0 Å². The van der Waals surface area contributed by atoms with Gasteiger partial charge in [0.15, 0.2) is 17.7 Å². The lowest BCUT2D eigenvalue weighted by atomic mass is 9.99. The molecule has 0 radical (unpaired) electrons. The second-order valence-electron chi connectivity index (χ2n) is 7.84. The van der Waals surface area contributed by atoms with Crippen molar-refractivity contribution in [1.29, 1.82) is 0 Å². The van der Waals surface area contributed by atoms with E-state index in [-0.39, 0.29) is 29.2 Å². The molecular weight excluding hydrogens is 426 g/mol. The van der Waals surface area contributed by atoms with Gasteiger partial charge in [0.25, 0.3) is 5.91 Å². The lowest BCUT2D eigenvalue weighted by Crippen LogP contribution is -2.50. The number of aliphatic hydroxyl groups is 1. The third-order valence-electron chi connectivity index (χ3n) is 6.10. The summed E-state index contributed by atoms with van der Waals surface area (Å²) in [6.45, 7) is 0. The summed E-state index contributed by atoms with van der Waals surface area (Å²) in [5, 5.41) is 22.0. The first-order valence-electron chi connectivity index (χ1n) is 10.3. The highest BCUT2D eigenvalue weighted by atomic mass is 16.5. The highest BCUT2D eigenvalue weighted by Crippen LogP contribution is 2.43. The number of aliphatic hydroxyl groups excluding tert-OH is 1. The van der Waals surface area contributed by atoms with Gasteiger partial charge in [-0.15, -0.1) is 0 Å². The summed E-state index contributed by atoms with van der Waals surface area (Å²) in [7, 11) is 2.84. The third-order valence-corrected chi connectivity index (χ3v) is 6.10. The highest BCUT2D eigenvalue weighted by molar-refractivity contribution is 6.07. The number of hydrogen-bond donors (Lipinski definition) is 2. The number of aromatic nitrogens is 1. The molecule has 3 aromatic rings. The van der Waals surface area contributed by atoms with Gasteiger partial charge >= 0.3 is 6.09 Å². The summed E-state index contributed by atoms with van der Waals surface area (Å²) in [5.74, 6) is 0.107. The molecule has 2 N–H and O–H groups in total. The molecule has 0 saturated heterocycles. The van der Waals surface area contributed by atoms with Gasteiger partial charge in [-0.2, -0.15) is 0 Å². The fourth-order valence-electron chi connectivity index (χ4n) is 4.47. The number of carboxylic acid groups (broad SMARTS) is 1. The van der Waals surface area contributed by atoms with Crippen LogP contribution in [-0.2, 0) is 0 Å². The van der Waals surface area contributed by atoms with Crippen LogP contribution in [0.3, 0.4) is 0 Å². The first kappa shape index (κ1) is 20.8. The van der Waals surface area contributed by atoms with Crippen molar-refractivity contribution in [3.05, 3.63) is 66.0 Å². The van der Waals surface area contributed by atoms with E-state index in [1.54, 1.807) is 12.4 Å². The molecule has 33 heavy (non-hydrogen) atoms. The van der Waals surface area contributed by atoms with E-state index in [9.17, 15) is 19.8 Å². The Morgan fingerprint density at radius 3 is 2.61 bits per heavy atom. The molecule has 2 aromatic carbocycles. The molecule has 0 saturated carbocycles. The number of amides is 2. The minimum atomic E-state index is -1.48. The second-order valence-corrected chi connectivity index (χ2v) is 7.84. The average molecular weight is 447 g/mol. The normalized spacial score (nSPS) is 19.6. The standard InChI is InChI=1S/C24H21N3O6/c1-32-20-10-16-18(11-21(20)33-2)27(24(30)31)23(29)19-9-15(12-26(19)22(16)28)13-5-6-17-14(8-13)4-3-7-25-17/h3-8,10-12,19,23,29H,9H2,1-2H3,(H,30,31)/t19-,23-/m0/s1. The van der Waals surface area contributed by atoms with Gasteiger partial charge < -0.3 is 24.6 Å². The van der Waals surface area contributed by atoms with Crippen molar-refractivity contribution in [2.45, 2.75) is 18.7 Å². The maximum Gasteiger partial charge on any atom is 0.414 e. The van der Waals surface area contributed by atoms with E-state index in [0.29, 0.717) is 0 Å². The van der Waals surface area contributed by atoms with E-state index in [4.69, 9.17) is 9.47 Å². The van der Waals surface area contributed by atoms with Crippen molar-refractivity contribution in [2.75, 3.05) is 19.1 Å². The van der Waals surface area contributed by atoms with Gasteiger partial charge in [0.1, 0.15) is 0 Å². The number of rotatable bonds is 3. The Hall–Kier alpha value is -4.11. The largest absolute Gasteiger partial charge is 0.493 e. The monoisotopic (exact) mass is 447 g/mol. The molecule has 1 aromatic heterocycles. The number of ether oxygens (including phenoxy) is 2. The molecule has 9 heteroatoms. The smallest absolute Gasteiger partial charge is 0.414 e. The number of carbonyl (C=O) groups excluding carboxylic acids is 1. The zero-order chi connectivity index (χ0) is 23.3. The fraction of sp³-hybridized carbons (Fsp3) is 0.208. The number of nitrogens with zero attached hydrogens (tertiary/aromatic N) is 3. The molecule has 2 aliphatic rings. The van der Waals surface area contributed by atoms with E-state index in [1.807, 2.05) is 30.3 Å². The van der Waals surface area contributed by atoms with Crippen molar-refractivity contribution in [3.8, 4) is 11.5 Å². The number of carbonyl (C=O) groups is 2. The predicted octanol–water partition coefficient (Wildman–Crippen LogP) is 3.32. The van der Waals surface area contributed by atoms with Gasteiger partial charge in [-0.25, -0.2) is 9.69 Å². The van der Waals surface area contributed by atoms with Gasteiger partial charge in [-0.3, -0.25) is 9.78 Å². The van der Waals surface area contributed by atoms with Crippen LogP contribution in [-0.4, -0.2) is 58.6 Å². The predicted molar refractivity (Wildman–Crippen MR) is 120 cm³/mol. The number of hydrogen-bond acceptors (Lipinski definition) is 6. The summed E-state index contributed by atoms with van der Waals surface area (Å²) in [4.78, 5) is 32.2. The molecule has 2 amide bonds. The van der Waals surface area contributed by atoms with Crippen LogP contribution in [0.1, 0.15) is 22.3 Å². The molecule has 0 fully saturated rings. The van der Waals surface area contributed by atoms with Crippen molar-refractivity contribution in [2.24, 2.45) is 0 Å². The Bertz CT molecular complexity index is 1320. The van der Waals surface area contributed by atoms with Crippen LogP contribution in [0.25, 0.3) is 16.5 Å². The number of pyridine rings is 1. The van der Waals surface area contributed by atoms with Crippen LogP contribution in [0.5, 0.6) is 11.5 Å². The quantitative estimate of drug-likeness (QED) is 0.633. The summed E-state index contributed by atoms with van der Waals surface area (Å²) in [6, 6.07) is 11.6. The molecule has 2 atom stereocenters. The van der Waals surface area contributed by atoms with Crippen LogP contribution in [0.4, 0.5) is 10.5 Å². The van der Waals surface area contributed by atoms with Crippen LogP contribution < -0.4 is 14.4 Å². The van der Waals surface area contributed by atoms with Crippen LogP contribution in [0.15, 0.2) is 54.9 Å². The summed E-state index contributed by atoms with van der Waals surface area (Å²) < 4.78 is 10.6. The molecule has 168 valence electrons. The highest BCUT2D eigenvalue weighted by Gasteiger charge is 2.45. The van der Waals surface area contributed by atoms with E-state index in [0.717, 1.165) is 26.9 Å². The molecule has 0 aliphatic carbocycles. The Kier molecular flexibility index (Phi) is 4.90. The Morgan fingerprint density at radius 1 is 1.12 bits per heavy atom. The number of fused-ring (bicyclic) bond motifs is 3. The number of methoxy groups -OCH3 is 2. The van der Waals surface area contributed by atoms with E-state index in [2.05, 4.69) is 4.98 Å². The lowest BCUT2D eigenvalue weighted by Gasteiger charge is -2.30. The summed E-state index contributed by atoms with van der Waals surface area (Å²) in [6.07, 6.45) is 0.818. The lowest BCUT2D eigenvalue weighted by molar-refractivity contribution is 0.0575. The number of anilines is 1. The molecule has 9 nitrogen and oxygen atoms in total. The summed E-state index contributed by atoms with van der Waals surface area (Å²) >= 11 is 0. The Balaban J connectivity index is 1.63. The second kappa shape index (κ2) is 7.79. The van der Waals surface area contributed by atoms with Gasteiger partial charge in [0.05, 0.1) is 37.0 Å². The minimum Gasteiger partial charge on any atom is -0.493 e. The topological polar surface area (TPSA) is 112 Å². The van der Waals surface area contributed by atoms with Crippen molar-refractivity contribution < 1.29 is 29.3 Å². The average Bonchev–Trinajstić information content (AvgIpc) is 3.25. The molecule has 0 unspecified atom stereocenters. The Labute approximate surface area is 189 Å². The van der Waals surface area contributed by atoms with Gasteiger partial charge in [0, 0.05) is 23.8 Å². The summed E-state index contributed by atoms with van der Waals surface area (Å²) in [5.41, 5.74) is 2.67. The zero-order valence-corrected chi connectivity index (χ0v) is 17.9. The molecule has 5 rings (SSSR count). The van der Waals surface area contributed by atoms with Gasteiger partial charge in [0.2, 0.25) is 0 Å². The third kappa shape index (κ3) is 3.25. The first-order valence-corrected chi connectivity index (χ1v) is 10.3. The SMILES string of the molecule is COc1cc2c(cc1OC)N(C(=O)O)[C@@H](O)[C@@H]1CC(c3ccc4ncccc4c3)=CN1C2=O. The molecule has 2 aliphatic heterocycles. The van der Waals surface area contributed by atoms with Crippen molar-refractivity contribution in [3.63, 3.8) is 0 Å². The molecule has 0 bridgehead atoms. The first-order chi connectivity index (χ1) is 15.9. The maximum atomic E-state index is 13.5.